The number of rotatable bonds is 6. The Morgan fingerprint density at radius 3 is 2.79 bits per heavy atom. The Bertz CT molecular complexity index is 797. The van der Waals surface area contributed by atoms with E-state index in [0.717, 1.165) is 19.0 Å². The summed E-state index contributed by atoms with van der Waals surface area (Å²) in [6, 6.07) is 9.05. The summed E-state index contributed by atoms with van der Waals surface area (Å²) in [7, 11) is 0. The predicted octanol–water partition coefficient (Wildman–Crippen LogP) is 5.37. The van der Waals surface area contributed by atoms with E-state index in [-0.39, 0.29) is 5.41 Å². The van der Waals surface area contributed by atoms with Gasteiger partial charge in [0.05, 0.1) is 0 Å². The van der Waals surface area contributed by atoms with Gasteiger partial charge in [-0.2, -0.15) is 0 Å². The molecule has 1 aliphatic carbocycles. The standard InChI is InChI=1S/C25H35N2Se/c1-4-26-18-19-28-24(26)15-9-14-23-25(2,3)21-12-7-8-13-22(21)27(23)17-16-20-10-5-6-11-20/h7-9,12-15,20H,4-6,10-11,16-19H2,1-3H3/q+1. The number of fused-ring (bicyclic) bond motifs is 1. The van der Waals surface area contributed by atoms with Gasteiger partial charge in [0, 0.05) is 0 Å². The molecule has 0 saturated heterocycles. The monoisotopic (exact) mass is 443 g/mol. The van der Waals surface area contributed by atoms with Crippen LogP contribution in [0.3, 0.4) is 0 Å². The SMILES string of the molecule is CC[N+]1=C(/C=C/C=C2/N(CCC3CCCC3)c3ccccc3C2(C)C)[Se]CC1. The molecule has 0 spiro atoms. The van der Waals surface area contributed by atoms with Crippen molar-refractivity contribution < 1.29 is 4.58 Å². The van der Waals surface area contributed by atoms with E-state index in [0.29, 0.717) is 15.0 Å². The molecule has 0 bridgehead atoms. The van der Waals surface area contributed by atoms with Crippen LogP contribution in [0.2, 0.25) is 5.32 Å². The van der Waals surface area contributed by atoms with Crippen molar-refractivity contribution in [2.75, 3.05) is 24.5 Å². The second-order valence-electron chi connectivity index (χ2n) is 8.91. The molecule has 0 radical (unpaired) electrons. The number of para-hydroxylation sites is 1. The first-order valence-corrected chi connectivity index (χ1v) is 13.2. The number of nitrogens with zero attached hydrogens (tertiary/aromatic N) is 2. The van der Waals surface area contributed by atoms with Gasteiger partial charge in [0.1, 0.15) is 0 Å². The third kappa shape index (κ3) is 3.89. The van der Waals surface area contributed by atoms with Gasteiger partial charge in [0.25, 0.3) is 0 Å². The van der Waals surface area contributed by atoms with Crippen molar-refractivity contribution in [3.8, 4) is 0 Å². The zero-order valence-electron chi connectivity index (χ0n) is 17.8. The van der Waals surface area contributed by atoms with E-state index in [1.54, 1.807) is 4.61 Å². The van der Waals surface area contributed by atoms with Crippen molar-refractivity contribution >= 4 is 25.3 Å². The predicted molar refractivity (Wildman–Crippen MR) is 122 cm³/mol. The van der Waals surface area contributed by atoms with Gasteiger partial charge in [-0.15, -0.1) is 0 Å². The van der Waals surface area contributed by atoms with Crippen LogP contribution in [0.1, 0.15) is 58.4 Å². The van der Waals surface area contributed by atoms with Gasteiger partial charge < -0.3 is 0 Å². The van der Waals surface area contributed by atoms with Crippen LogP contribution in [-0.4, -0.2) is 43.8 Å². The Balaban J connectivity index is 1.60. The Hall–Kier alpha value is -1.31. The van der Waals surface area contributed by atoms with E-state index in [4.69, 9.17) is 0 Å². The summed E-state index contributed by atoms with van der Waals surface area (Å²) >= 11 is 0.654. The molecule has 150 valence electrons. The van der Waals surface area contributed by atoms with Crippen LogP contribution in [-0.2, 0) is 5.41 Å². The molecule has 2 nitrogen and oxygen atoms in total. The van der Waals surface area contributed by atoms with E-state index >= 15 is 0 Å². The molecule has 2 heterocycles. The molecule has 0 aromatic heterocycles. The first kappa shape index (κ1) is 20.0. The maximum absolute atomic E-state index is 2.63. The average Bonchev–Trinajstić information content (AvgIpc) is 3.41. The number of allylic oxidation sites excluding steroid dienone is 4. The van der Waals surface area contributed by atoms with Gasteiger partial charge in [0.2, 0.25) is 0 Å². The quantitative estimate of drug-likeness (QED) is 0.424. The van der Waals surface area contributed by atoms with Crippen molar-refractivity contribution in [3.05, 3.63) is 53.8 Å². The summed E-state index contributed by atoms with van der Waals surface area (Å²) < 4.78 is 4.11. The molecule has 1 fully saturated rings. The van der Waals surface area contributed by atoms with Crippen LogP contribution in [0.4, 0.5) is 5.69 Å². The fraction of sp³-hybridized carbons (Fsp3) is 0.560. The van der Waals surface area contributed by atoms with Crippen molar-refractivity contribution in [2.24, 2.45) is 5.92 Å². The molecule has 1 aromatic carbocycles. The molecular formula is C25H35N2Se+. The minimum absolute atomic E-state index is 0.0759. The molecule has 0 unspecified atom stereocenters. The second kappa shape index (κ2) is 8.59. The molecule has 1 saturated carbocycles. The first-order chi connectivity index (χ1) is 13.6. The van der Waals surface area contributed by atoms with Gasteiger partial charge in [-0.05, 0) is 0 Å². The molecule has 0 amide bonds. The van der Waals surface area contributed by atoms with E-state index in [1.165, 1.54) is 60.9 Å². The normalized spacial score (nSPS) is 23.5. The molecule has 1 aromatic rings. The van der Waals surface area contributed by atoms with E-state index in [9.17, 15) is 0 Å². The fourth-order valence-electron chi connectivity index (χ4n) is 5.14. The third-order valence-corrected chi connectivity index (χ3v) is 9.09. The Labute approximate surface area is 177 Å². The third-order valence-electron chi connectivity index (χ3n) is 6.83. The van der Waals surface area contributed by atoms with Crippen LogP contribution in [0.5, 0.6) is 0 Å². The number of hydrogen-bond donors (Lipinski definition) is 0. The van der Waals surface area contributed by atoms with Gasteiger partial charge in [-0.3, -0.25) is 0 Å². The summed E-state index contributed by atoms with van der Waals surface area (Å²) in [4.78, 5) is 2.63. The molecule has 3 aliphatic rings. The van der Waals surface area contributed by atoms with Crippen molar-refractivity contribution in [1.29, 1.82) is 0 Å². The topological polar surface area (TPSA) is 6.25 Å². The van der Waals surface area contributed by atoms with E-state index < -0.39 is 0 Å². The van der Waals surface area contributed by atoms with Gasteiger partial charge in [-0.1, -0.05) is 0 Å². The van der Waals surface area contributed by atoms with Crippen LogP contribution in [0.15, 0.2) is 48.2 Å². The summed E-state index contributed by atoms with van der Waals surface area (Å²) in [5, 5.41) is 1.36. The fourth-order valence-corrected chi connectivity index (χ4v) is 7.45. The van der Waals surface area contributed by atoms with Crippen LogP contribution >= 0.6 is 0 Å². The van der Waals surface area contributed by atoms with Crippen LogP contribution in [0.25, 0.3) is 0 Å². The first-order valence-electron chi connectivity index (χ1n) is 11.1. The Kier molecular flexibility index (Phi) is 6.13. The van der Waals surface area contributed by atoms with Crippen molar-refractivity contribution in [3.63, 3.8) is 0 Å². The molecule has 3 heteroatoms. The van der Waals surface area contributed by atoms with Crippen LogP contribution in [0, 0.1) is 5.92 Å². The minimum atomic E-state index is 0.0759. The molecule has 4 rings (SSSR count). The number of hydrogen-bond acceptors (Lipinski definition) is 1. The summed E-state index contributed by atoms with van der Waals surface area (Å²) in [6.45, 7) is 10.6. The average molecular weight is 443 g/mol. The second-order valence-corrected chi connectivity index (χ2v) is 11.3. The van der Waals surface area contributed by atoms with E-state index in [2.05, 4.69) is 72.7 Å². The maximum atomic E-state index is 2.63. The number of benzene rings is 1. The zero-order valence-corrected chi connectivity index (χ0v) is 19.5. The number of anilines is 1. The molecule has 0 N–H and O–H groups in total. The Morgan fingerprint density at radius 1 is 1.21 bits per heavy atom. The van der Waals surface area contributed by atoms with Crippen molar-refractivity contribution in [2.45, 2.75) is 63.6 Å². The van der Waals surface area contributed by atoms with Gasteiger partial charge in [0.15, 0.2) is 0 Å². The molecule has 28 heavy (non-hydrogen) atoms. The van der Waals surface area contributed by atoms with Crippen LogP contribution < -0.4 is 4.90 Å². The summed E-state index contributed by atoms with van der Waals surface area (Å²) in [6.07, 6.45) is 14.2. The van der Waals surface area contributed by atoms with Crippen molar-refractivity contribution in [1.82, 2.24) is 0 Å². The zero-order chi connectivity index (χ0) is 19.6. The summed E-state index contributed by atoms with van der Waals surface area (Å²) in [5.74, 6) is 0.933. The molecule has 2 aliphatic heterocycles. The molecular weight excluding hydrogens is 407 g/mol. The molecule has 0 atom stereocenters. The van der Waals surface area contributed by atoms with Gasteiger partial charge >= 0.3 is 178 Å². The van der Waals surface area contributed by atoms with Gasteiger partial charge in [-0.25, -0.2) is 0 Å². The van der Waals surface area contributed by atoms with E-state index in [1.807, 2.05) is 0 Å². The Morgan fingerprint density at radius 2 is 2.00 bits per heavy atom. The summed E-state index contributed by atoms with van der Waals surface area (Å²) in [5.41, 5.74) is 4.45.